The number of aromatic nitrogens is 2. The normalized spacial score (nSPS) is 15.3. The largest absolute Gasteiger partial charge is 0.444 e. The molecule has 8 amide bonds. The summed E-state index contributed by atoms with van der Waals surface area (Å²) in [7, 11) is 3.05. The maximum atomic E-state index is 13.5. The lowest BCUT2D eigenvalue weighted by molar-refractivity contribution is -0.139. The molecular weight excluding hydrogens is 901 g/mol. The summed E-state index contributed by atoms with van der Waals surface area (Å²) in [6, 6.07) is 5.46. The molecule has 1 aliphatic heterocycles. The van der Waals surface area contributed by atoms with Crippen molar-refractivity contribution >= 4 is 53.2 Å². The molecule has 4 atom stereocenters. The lowest BCUT2D eigenvalue weighted by atomic mass is 9.83. The van der Waals surface area contributed by atoms with Crippen LogP contribution in [0.15, 0.2) is 48.9 Å². The Balaban J connectivity index is 0. The van der Waals surface area contributed by atoms with Crippen LogP contribution in [0.2, 0.25) is 0 Å². The van der Waals surface area contributed by atoms with E-state index in [1.54, 1.807) is 51.1 Å². The molecule has 1 unspecified atom stereocenters. The number of nitrogens with one attached hydrogen (secondary N) is 6. The number of rotatable bonds is 16. The van der Waals surface area contributed by atoms with Gasteiger partial charge in [0.2, 0.25) is 35.3 Å². The van der Waals surface area contributed by atoms with Crippen LogP contribution in [0.1, 0.15) is 117 Å². The number of carbonyl (C=O) groups excluding carboxylic acids is 9. The van der Waals surface area contributed by atoms with Crippen molar-refractivity contribution in [2.45, 2.75) is 118 Å². The summed E-state index contributed by atoms with van der Waals surface area (Å²) >= 11 is 0. The van der Waals surface area contributed by atoms with Crippen LogP contribution < -0.4 is 31.9 Å². The number of carbonyl (C=O) groups is 9. The minimum Gasteiger partial charge on any atom is -0.444 e. The molecule has 1 saturated heterocycles. The summed E-state index contributed by atoms with van der Waals surface area (Å²) < 4.78 is 5.46. The Hall–Kier alpha value is -7.35. The number of terminal acetylenes is 2. The molecule has 2 fully saturated rings. The lowest BCUT2D eigenvalue weighted by Crippen LogP contribution is -2.54. The Kier molecular flexibility index (Phi) is 33.1. The zero-order valence-electron chi connectivity index (χ0n) is 42.8. The molecule has 1 aliphatic carbocycles. The number of Topliss-reactive ketones (excluding diaryl/α,β-unsaturated/α-hetero) is 1. The maximum absolute atomic E-state index is 13.5. The Morgan fingerprint density at radius 1 is 0.757 bits per heavy atom. The highest BCUT2D eigenvalue weighted by Crippen LogP contribution is 2.27. The van der Waals surface area contributed by atoms with Gasteiger partial charge in [-0.05, 0) is 45.1 Å². The number of nitrogens with zero attached hydrogens (tertiary/aromatic N) is 4. The first-order chi connectivity index (χ1) is 33.4. The van der Waals surface area contributed by atoms with Crippen molar-refractivity contribution in [1.29, 1.82) is 0 Å². The van der Waals surface area contributed by atoms with Crippen molar-refractivity contribution in [2.24, 2.45) is 11.8 Å². The van der Waals surface area contributed by atoms with Gasteiger partial charge in [0.05, 0.1) is 37.8 Å². The number of likely N-dealkylation sites (N-methyl/N-ethyl adjacent to an activating group) is 1. The van der Waals surface area contributed by atoms with Gasteiger partial charge in [-0.25, -0.2) is 9.78 Å². The molecule has 6 N–H and O–H groups in total. The van der Waals surface area contributed by atoms with Crippen LogP contribution in [-0.2, 0) is 38.3 Å². The van der Waals surface area contributed by atoms with E-state index in [0.717, 1.165) is 19.3 Å². The van der Waals surface area contributed by atoms with Crippen molar-refractivity contribution in [2.75, 3.05) is 46.8 Å². The number of hydrogen-bond acceptors (Lipinski definition) is 12. The van der Waals surface area contributed by atoms with Gasteiger partial charge in [0.1, 0.15) is 23.4 Å². The predicted molar refractivity (Wildman–Crippen MR) is 267 cm³/mol. The zero-order chi connectivity index (χ0) is 54.0. The van der Waals surface area contributed by atoms with E-state index in [4.69, 9.17) is 4.74 Å². The van der Waals surface area contributed by atoms with Crippen molar-refractivity contribution in [3.63, 3.8) is 0 Å². The van der Waals surface area contributed by atoms with Crippen molar-refractivity contribution in [3.05, 3.63) is 60.2 Å². The number of ether oxygens (including phenoxy) is 1. The summed E-state index contributed by atoms with van der Waals surface area (Å²) in [5.74, 6) is -7.37. The fourth-order valence-corrected chi connectivity index (χ4v) is 6.76. The van der Waals surface area contributed by atoms with E-state index < -0.39 is 103 Å². The monoisotopic (exact) mass is 977 g/mol. The molecule has 2 heterocycles. The van der Waals surface area contributed by atoms with E-state index in [1.165, 1.54) is 42.5 Å². The summed E-state index contributed by atoms with van der Waals surface area (Å²) in [6.45, 7) is 14.7. The maximum Gasteiger partial charge on any atom is 0.410 e. The van der Waals surface area contributed by atoms with Gasteiger partial charge < -0.3 is 46.4 Å². The summed E-state index contributed by atoms with van der Waals surface area (Å²) in [5.41, 5.74) is -0.338. The molecular formula is C50H76N10O10. The third-order valence-electron chi connectivity index (χ3n) is 9.78. The number of hydrogen-bond donors (Lipinski definition) is 6. The minimum atomic E-state index is -1.18. The van der Waals surface area contributed by atoms with Gasteiger partial charge in [-0.15, -0.1) is 25.7 Å². The molecule has 2 aromatic rings. The molecule has 4 rings (SSSR count). The van der Waals surface area contributed by atoms with Gasteiger partial charge >= 0.3 is 6.09 Å². The van der Waals surface area contributed by atoms with Crippen LogP contribution in [0.5, 0.6) is 0 Å². The highest BCUT2D eigenvalue weighted by Gasteiger charge is 2.42. The predicted octanol–water partition coefficient (Wildman–Crippen LogP) is 2.95. The van der Waals surface area contributed by atoms with E-state index >= 15 is 0 Å². The third kappa shape index (κ3) is 23.1. The van der Waals surface area contributed by atoms with Gasteiger partial charge in [-0.1, -0.05) is 91.1 Å². The van der Waals surface area contributed by atoms with Gasteiger partial charge in [-0.3, -0.25) is 43.3 Å². The second-order valence-corrected chi connectivity index (χ2v) is 15.8. The van der Waals surface area contributed by atoms with Crippen LogP contribution >= 0.6 is 0 Å². The Morgan fingerprint density at radius 3 is 1.89 bits per heavy atom. The molecule has 386 valence electrons. The Bertz CT molecular complexity index is 1980. The molecule has 1 aromatic heterocycles. The second-order valence-electron chi connectivity index (χ2n) is 15.8. The molecule has 20 nitrogen and oxygen atoms in total. The van der Waals surface area contributed by atoms with E-state index in [1.807, 2.05) is 41.5 Å². The van der Waals surface area contributed by atoms with Crippen LogP contribution in [0, 0.1) is 37.5 Å². The van der Waals surface area contributed by atoms with Crippen LogP contribution in [-0.4, -0.2) is 137 Å². The second kappa shape index (κ2) is 35.7. The lowest BCUT2D eigenvalue weighted by Gasteiger charge is -2.30. The summed E-state index contributed by atoms with van der Waals surface area (Å²) in [5, 5.41) is 15.1. The van der Waals surface area contributed by atoms with E-state index in [9.17, 15) is 43.2 Å². The van der Waals surface area contributed by atoms with Crippen LogP contribution in [0.4, 0.5) is 4.79 Å². The quantitative estimate of drug-likeness (QED) is 0.105. The SMILES string of the molecule is C#C.C#C.CC.CC.CC.CN(C)C(=O)[C@@H](NC(=O)CNC(=O)C(=O)CNC(=O)[C@@H]1CN(C(=O)OC(C)(C)C)C[C@@H]1NC(=O)CNC(=O)C(NC(=O)c1cnccn1)C1CCCCC1)c1ccccc1. The van der Waals surface area contributed by atoms with Crippen LogP contribution in [0.25, 0.3) is 0 Å². The molecule has 1 saturated carbocycles. The number of benzene rings is 1. The van der Waals surface area contributed by atoms with E-state index in [0.29, 0.717) is 18.4 Å². The van der Waals surface area contributed by atoms with Gasteiger partial charge in [-0.2, -0.15) is 0 Å². The van der Waals surface area contributed by atoms with Crippen molar-refractivity contribution in [3.8, 4) is 25.7 Å². The van der Waals surface area contributed by atoms with E-state index in [2.05, 4.69) is 67.6 Å². The highest BCUT2D eigenvalue weighted by molar-refractivity contribution is 6.37. The Labute approximate surface area is 414 Å². The highest BCUT2D eigenvalue weighted by atomic mass is 16.6. The third-order valence-corrected chi connectivity index (χ3v) is 9.78. The average molecular weight is 977 g/mol. The topological polar surface area (TPSA) is 267 Å². The van der Waals surface area contributed by atoms with Gasteiger partial charge in [0.25, 0.3) is 11.8 Å². The van der Waals surface area contributed by atoms with Crippen LogP contribution in [0.3, 0.4) is 0 Å². The Morgan fingerprint density at radius 2 is 1.34 bits per heavy atom. The van der Waals surface area contributed by atoms with E-state index in [-0.39, 0.29) is 24.7 Å². The molecule has 20 heteroatoms. The van der Waals surface area contributed by atoms with Gasteiger partial charge in [0, 0.05) is 39.6 Å². The first kappa shape index (κ1) is 64.7. The van der Waals surface area contributed by atoms with Gasteiger partial charge in [0.15, 0.2) is 0 Å². The summed E-state index contributed by atoms with van der Waals surface area (Å²) in [6.07, 6.45) is 23.4. The van der Waals surface area contributed by atoms with Crippen molar-refractivity contribution in [1.82, 2.24) is 51.7 Å². The molecule has 0 bridgehead atoms. The zero-order valence-corrected chi connectivity index (χ0v) is 42.8. The van der Waals surface area contributed by atoms with Crippen molar-refractivity contribution < 1.29 is 47.9 Å². The minimum absolute atomic E-state index is 0.0285. The molecule has 0 radical (unpaired) electrons. The fourth-order valence-electron chi connectivity index (χ4n) is 6.76. The molecule has 70 heavy (non-hydrogen) atoms. The standard InChI is InChI=1S/C40H54N10O10.3C2H6.2C2H2/c1-40(2,3)60-39(59)50-22-26(34(54)43-19-29(51)36(56)44-21-31(53)47-33(38(58)49(4)5)25-14-10-7-11-15-25)28(23-50)46-30(52)20-45-37(57)32(24-12-8-6-9-13-24)48-35(55)27-18-41-16-17-42-27;5*1-2/h7,10-11,14-18,24,26,28,32-33H,6,8-9,12-13,19-23H2,1-5H3,(H,43,54)(H,44,56)(H,45,57)(H,46,52)(H,47,53)(H,48,55);3*1-2H3;2*1-2H/t26-,28+,32?,33+;;;;;/m1...../s1. The summed E-state index contributed by atoms with van der Waals surface area (Å²) in [4.78, 5) is 127. The fraction of sp³-hybridized carbons (Fsp3) is 0.540. The first-order valence-electron chi connectivity index (χ1n) is 23.4. The molecule has 2 aliphatic rings. The molecule has 0 spiro atoms. The number of ketones is 1. The number of likely N-dealkylation sites (tertiary alicyclic amines) is 1. The molecule has 1 aromatic carbocycles. The smallest absolute Gasteiger partial charge is 0.410 e. The average Bonchev–Trinajstić information content (AvgIpc) is 3.81. The first-order valence-corrected chi connectivity index (χ1v) is 23.4. The number of amides is 8.